The summed E-state index contributed by atoms with van der Waals surface area (Å²) in [5.41, 5.74) is 2.62. The SMILES string of the molecule is CC#CCOc1ccc(S(=O)(=O)N[C@@H](Cc2c[nH]c3ccc(C)cc23)C(=O)O)cc1. The maximum atomic E-state index is 12.7. The summed E-state index contributed by atoms with van der Waals surface area (Å²) < 4.78 is 33.1. The monoisotopic (exact) mass is 426 g/mol. The van der Waals surface area contributed by atoms with Crippen LogP contribution in [0.2, 0.25) is 0 Å². The minimum atomic E-state index is -4.04. The largest absolute Gasteiger partial charge is 0.481 e. The first-order valence-corrected chi connectivity index (χ1v) is 10.7. The van der Waals surface area contributed by atoms with Crippen LogP contribution in [0, 0.1) is 18.8 Å². The molecule has 0 saturated carbocycles. The number of nitrogens with one attached hydrogen (secondary N) is 2. The summed E-state index contributed by atoms with van der Waals surface area (Å²) in [6.07, 6.45) is 1.72. The predicted molar refractivity (Wildman–Crippen MR) is 114 cm³/mol. The first-order chi connectivity index (χ1) is 14.3. The second-order valence-corrected chi connectivity index (χ2v) is 8.48. The van der Waals surface area contributed by atoms with E-state index in [2.05, 4.69) is 21.5 Å². The van der Waals surface area contributed by atoms with Crippen molar-refractivity contribution in [2.24, 2.45) is 0 Å². The van der Waals surface area contributed by atoms with Crippen LogP contribution < -0.4 is 9.46 Å². The van der Waals surface area contributed by atoms with Gasteiger partial charge in [-0.1, -0.05) is 17.6 Å². The predicted octanol–water partition coefficient (Wildman–Crippen LogP) is 2.85. The van der Waals surface area contributed by atoms with Crippen molar-refractivity contribution in [3.8, 4) is 17.6 Å². The lowest BCUT2D eigenvalue weighted by molar-refractivity contribution is -0.138. The Balaban J connectivity index is 1.78. The zero-order valence-corrected chi connectivity index (χ0v) is 17.4. The van der Waals surface area contributed by atoms with Crippen LogP contribution in [-0.2, 0) is 21.2 Å². The first-order valence-electron chi connectivity index (χ1n) is 9.24. The number of benzene rings is 2. The molecule has 2 aromatic carbocycles. The lowest BCUT2D eigenvalue weighted by Gasteiger charge is -2.15. The normalized spacial score (nSPS) is 12.2. The molecule has 3 rings (SSSR count). The fourth-order valence-electron chi connectivity index (χ4n) is 3.02. The Morgan fingerprint density at radius 3 is 2.63 bits per heavy atom. The molecule has 1 heterocycles. The van der Waals surface area contributed by atoms with Crippen molar-refractivity contribution in [1.82, 2.24) is 9.71 Å². The summed E-state index contributed by atoms with van der Waals surface area (Å²) in [6, 6.07) is 10.2. The van der Waals surface area contributed by atoms with Gasteiger partial charge in [0.1, 0.15) is 18.4 Å². The molecule has 156 valence electrons. The fourth-order valence-corrected chi connectivity index (χ4v) is 4.21. The van der Waals surface area contributed by atoms with Gasteiger partial charge in [-0.05, 0) is 55.8 Å². The highest BCUT2D eigenvalue weighted by Gasteiger charge is 2.26. The Hall–Kier alpha value is -3.28. The number of aromatic nitrogens is 1. The van der Waals surface area contributed by atoms with Gasteiger partial charge in [-0.15, -0.1) is 5.92 Å². The molecular weight excluding hydrogens is 404 g/mol. The second-order valence-electron chi connectivity index (χ2n) is 6.77. The van der Waals surface area contributed by atoms with Crippen LogP contribution in [0.4, 0.5) is 0 Å². The van der Waals surface area contributed by atoms with Crippen LogP contribution in [0.1, 0.15) is 18.1 Å². The standard InChI is InChI=1S/C22H22N2O5S/c1-3-4-11-29-17-6-8-18(9-7-17)30(27,28)24-21(22(25)26)13-16-14-23-20-10-5-15(2)12-19(16)20/h5-10,12,14,21,23-24H,11,13H2,1-2H3,(H,25,26)/t21-/m0/s1. The maximum absolute atomic E-state index is 12.7. The number of aromatic amines is 1. The van der Waals surface area contributed by atoms with Crippen molar-refractivity contribution in [3.63, 3.8) is 0 Å². The number of carboxylic acids is 1. The molecule has 0 aliphatic carbocycles. The summed E-state index contributed by atoms with van der Waals surface area (Å²) in [5.74, 6) is 4.67. The number of sulfonamides is 1. The quantitative estimate of drug-likeness (QED) is 0.480. The van der Waals surface area contributed by atoms with Crippen molar-refractivity contribution < 1.29 is 23.1 Å². The molecule has 0 spiro atoms. The Morgan fingerprint density at radius 2 is 1.97 bits per heavy atom. The highest BCUT2D eigenvalue weighted by Crippen LogP contribution is 2.22. The summed E-state index contributed by atoms with van der Waals surface area (Å²) >= 11 is 0. The van der Waals surface area contributed by atoms with Crippen molar-refractivity contribution in [2.75, 3.05) is 6.61 Å². The van der Waals surface area contributed by atoms with Crippen molar-refractivity contribution in [1.29, 1.82) is 0 Å². The third-order valence-electron chi connectivity index (χ3n) is 4.56. The Labute approximate surface area is 175 Å². The number of hydrogen-bond acceptors (Lipinski definition) is 4. The van der Waals surface area contributed by atoms with Crippen molar-refractivity contribution >= 4 is 26.9 Å². The molecule has 0 unspecified atom stereocenters. The molecule has 7 nitrogen and oxygen atoms in total. The van der Waals surface area contributed by atoms with Gasteiger partial charge in [-0.2, -0.15) is 4.72 Å². The number of fused-ring (bicyclic) bond motifs is 1. The third-order valence-corrected chi connectivity index (χ3v) is 6.05. The Bertz CT molecular complexity index is 1220. The topological polar surface area (TPSA) is 108 Å². The van der Waals surface area contributed by atoms with Crippen LogP contribution in [-0.4, -0.2) is 37.1 Å². The summed E-state index contributed by atoms with van der Waals surface area (Å²) in [6.45, 7) is 3.84. The van der Waals surface area contributed by atoms with E-state index in [9.17, 15) is 18.3 Å². The van der Waals surface area contributed by atoms with Gasteiger partial charge in [0.15, 0.2) is 0 Å². The number of hydrogen-bond donors (Lipinski definition) is 3. The highest BCUT2D eigenvalue weighted by atomic mass is 32.2. The third kappa shape index (κ3) is 5.00. The van der Waals surface area contributed by atoms with E-state index >= 15 is 0 Å². The number of aliphatic carboxylic acids is 1. The second kappa shape index (κ2) is 9.03. The van der Waals surface area contributed by atoms with E-state index in [1.54, 1.807) is 13.1 Å². The molecular formula is C22H22N2O5S. The van der Waals surface area contributed by atoms with Gasteiger partial charge in [-0.25, -0.2) is 8.42 Å². The maximum Gasteiger partial charge on any atom is 0.322 e. The van der Waals surface area contributed by atoms with Crippen LogP contribution in [0.25, 0.3) is 10.9 Å². The lowest BCUT2D eigenvalue weighted by Crippen LogP contribution is -2.42. The van der Waals surface area contributed by atoms with Gasteiger partial charge in [0.25, 0.3) is 0 Å². The smallest absolute Gasteiger partial charge is 0.322 e. The van der Waals surface area contributed by atoms with Gasteiger partial charge in [0, 0.05) is 23.5 Å². The van der Waals surface area contributed by atoms with Crippen LogP contribution in [0.15, 0.2) is 53.6 Å². The number of H-pyrrole nitrogens is 1. The minimum absolute atomic E-state index is 0.00883. The number of ether oxygens (including phenoxy) is 1. The van der Waals surface area contributed by atoms with Crippen molar-refractivity contribution in [3.05, 3.63) is 59.8 Å². The van der Waals surface area contributed by atoms with E-state index in [4.69, 9.17) is 4.74 Å². The molecule has 0 saturated heterocycles. The summed E-state index contributed by atoms with van der Waals surface area (Å²) in [5, 5.41) is 10.5. The van der Waals surface area contributed by atoms with E-state index in [0.29, 0.717) is 5.75 Å². The zero-order valence-electron chi connectivity index (χ0n) is 16.6. The van der Waals surface area contributed by atoms with E-state index in [-0.39, 0.29) is 17.9 Å². The van der Waals surface area contributed by atoms with E-state index in [1.165, 1.54) is 24.3 Å². The van der Waals surface area contributed by atoms with Gasteiger partial charge in [0.05, 0.1) is 4.90 Å². The van der Waals surface area contributed by atoms with Crippen molar-refractivity contribution in [2.45, 2.75) is 31.2 Å². The zero-order chi connectivity index (χ0) is 21.7. The van der Waals surface area contributed by atoms with E-state index in [1.807, 2.05) is 25.1 Å². The molecule has 0 amide bonds. The number of carboxylic acid groups (broad SMARTS) is 1. The summed E-state index contributed by atoms with van der Waals surface area (Å²) in [7, 11) is -4.04. The number of rotatable bonds is 8. The molecule has 3 aromatic rings. The fraction of sp³-hybridized carbons (Fsp3) is 0.227. The number of aryl methyl sites for hydroxylation is 1. The van der Waals surface area contributed by atoms with E-state index < -0.39 is 22.0 Å². The molecule has 0 aliphatic heterocycles. The minimum Gasteiger partial charge on any atom is -0.481 e. The Kier molecular flexibility index (Phi) is 6.45. The van der Waals surface area contributed by atoms with Crippen LogP contribution in [0.5, 0.6) is 5.75 Å². The number of carbonyl (C=O) groups is 1. The molecule has 0 radical (unpaired) electrons. The first kappa shape index (κ1) is 21.4. The molecule has 1 atom stereocenters. The van der Waals surface area contributed by atoms with E-state index in [0.717, 1.165) is 22.0 Å². The van der Waals surface area contributed by atoms with Crippen LogP contribution in [0.3, 0.4) is 0 Å². The molecule has 8 heteroatoms. The Morgan fingerprint density at radius 1 is 1.23 bits per heavy atom. The van der Waals surface area contributed by atoms with Gasteiger partial charge < -0.3 is 14.8 Å². The van der Waals surface area contributed by atoms with Gasteiger partial charge in [0.2, 0.25) is 10.0 Å². The van der Waals surface area contributed by atoms with Crippen LogP contribution >= 0.6 is 0 Å². The molecule has 0 bridgehead atoms. The average Bonchev–Trinajstić information content (AvgIpc) is 3.10. The average molecular weight is 426 g/mol. The molecule has 3 N–H and O–H groups in total. The summed E-state index contributed by atoms with van der Waals surface area (Å²) in [4.78, 5) is 14.8. The molecule has 0 aliphatic rings. The molecule has 1 aromatic heterocycles. The molecule has 0 fully saturated rings. The molecule has 30 heavy (non-hydrogen) atoms. The van der Waals surface area contributed by atoms with Gasteiger partial charge in [-0.3, -0.25) is 4.79 Å². The van der Waals surface area contributed by atoms with Gasteiger partial charge >= 0.3 is 5.97 Å². The highest BCUT2D eigenvalue weighted by molar-refractivity contribution is 7.89. The lowest BCUT2D eigenvalue weighted by atomic mass is 10.0.